The fourth-order valence-corrected chi connectivity index (χ4v) is 1.51. The molecule has 0 atom stereocenters. The molecule has 1 aromatic rings. The largest absolute Gasteiger partial charge is 0.574 e. The van der Waals surface area contributed by atoms with E-state index in [2.05, 4.69) is 41.6 Å². The van der Waals surface area contributed by atoms with Crippen LogP contribution in [0, 0.1) is 0 Å². The average molecular weight is 355 g/mol. The number of halogens is 6. The molecule has 0 aliphatic carbocycles. The molecule has 8 heteroatoms. The quantitative estimate of drug-likeness (QED) is 0.706. The number of pyridine rings is 1. The molecule has 1 rings (SSSR count). The minimum absolute atomic E-state index is 0.0751. The van der Waals surface area contributed by atoms with Gasteiger partial charge in [-0.3, -0.25) is 0 Å². The Kier molecular flexibility index (Phi) is 3.65. The monoisotopic (exact) mass is 353 g/mol. The highest BCUT2D eigenvalue weighted by Gasteiger charge is 2.32. The maximum absolute atomic E-state index is 11.8. The van der Waals surface area contributed by atoms with Gasteiger partial charge in [0.05, 0.1) is 9.50 Å². The molecule has 0 saturated heterocycles. The van der Waals surface area contributed by atoms with Crippen LogP contribution in [0.4, 0.5) is 13.2 Å². The van der Waals surface area contributed by atoms with Crippen molar-refractivity contribution in [1.82, 2.24) is 4.98 Å². The average Bonchev–Trinajstić information content (AvgIpc) is 1.96. The summed E-state index contributed by atoms with van der Waals surface area (Å²) in [6, 6.07) is 0.962. The van der Waals surface area contributed by atoms with Gasteiger partial charge in [-0.2, -0.15) is 0 Å². The predicted molar refractivity (Wildman–Crippen MR) is 51.3 cm³/mol. The SMILES string of the molecule is FC(F)(F)Oc1cc(Cl)c(Br)c(Br)n1. The molecule has 1 heterocycles. The van der Waals surface area contributed by atoms with Crippen molar-refractivity contribution in [3.63, 3.8) is 0 Å². The number of nitrogens with zero attached hydrogens (tertiary/aromatic N) is 1. The molecule has 0 fully saturated rings. The molecule has 14 heavy (non-hydrogen) atoms. The van der Waals surface area contributed by atoms with Crippen molar-refractivity contribution in [2.24, 2.45) is 0 Å². The summed E-state index contributed by atoms with van der Waals surface area (Å²) >= 11 is 11.5. The predicted octanol–water partition coefficient (Wildman–Crippen LogP) is 4.16. The van der Waals surface area contributed by atoms with Gasteiger partial charge in [0, 0.05) is 6.07 Å². The summed E-state index contributed by atoms with van der Waals surface area (Å²) in [7, 11) is 0. The topological polar surface area (TPSA) is 22.1 Å². The van der Waals surface area contributed by atoms with Crippen molar-refractivity contribution >= 4 is 43.5 Å². The second-order valence-electron chi connectivity index (χ2n) is 2.09. The Balaban J connectivity index is 3.02. The number of ether oxygens (including phenoxy) is 1. The Morgan fingerprint density at radius 3 is 2.36 bits per heavy atom. The zero-order valence-electron chi connectivity index (χ0n) is 6.20. The summed E-state index contributed by atoms with van der Waals surface area (Å²) in [6.45, 7) is 0. The highest BCUT2D eigenvalue weighted by atomic mass is 79.9. The zero-order chi connectivity index (χ0) is 10.9. The Morgan fingerprint density at radius 2 is 1.93 bits per heavy atom. The lowest BCUT2D eigenvalue weighted by Crippen LogP contribution is -2.18. The van der Waals surface area contributed by atoms with Crippen LogP contribution in [0.25, 0.3) is 0 Å². The molecule has 0 bridgehead atoms. The molecule has 0 aliphatic heterocycles. The zero-order valence-corrected chi connectivity index (χ0v) is 10.1. The van der Waals surface area contributed by atoms with E-state index in [1.807, 2.05) is 0 Å². The van der Waals surface area contributed by atoms with Gasteiger partial charge in [-0.1, -0.05) is 11.6 Å². The molecule has 1 aromatic heterocycles. The molecule has 0 aromatic carbocycles. The van der Waals surface area contributed by atoms with Gasteiger partial charge in [-0.15, -0.1) is 13.2 Å². The van der Waals surface area contributed by atoms with E-state index in [9.17, 15) is 13.2 Å². The van der Waals surface area contributed by atoms with Crippen molar-refractivity contribution in [1.29, 1.82) is 0 Å². The van der Waals surface area contributed by atoms with E-state index in [1.165, 1.54) is 0 Å². The van der Waals surface area contributed by atoms with Crippen LogP contribution in [-0.4, -0.2) is 11.3 Å². The van der Waals surface area contributed by atoms with Gasteiger partial charge in [-0.25, -0.2) is 4.98 Å². The van der Waals surface area contributed by atoms with Gasteiger partial charge in [-0.05, 0) is 31.9 Å². The van der Waals surface area contributed by atoms with Gasteiger partial charge >= 0.3 is 6.36 Å². The lowest BCUT2D eigenvalue weighted by atomic mass is 10.5. The first kappa shape index (κ1) is 12.1. The van der Waals surface area contributed by atoms with Gasteiger partial charge in [0.25, 0.3) is 0 Å². The molecule has 0 N–H and O–H groups in total. The number of hydrogen-bond acceptors (Lipinski definition) is 2. The molecular formula is C6HBr2ClF3NO. The van der Waals surface area contributed by atoms with E-state index in [-0.39, 0.29) is 9.63 Å². The summed E-state index contributed by atoms with van der Waals surface area (Å²) < 4.78 is 39.4. The third kappa shape index (κ3) is 3.29. The van der Waals surface area contributed by atoms with E-state index < -0.39 is 12.2 Å². The maximum atomic E-state index is 11.8. The van der Waals surface area contributed by atoms with Crippen LogP contribution in [0.1, 0.15) is 0 Å². The first-order chi connectivity index (χ1) is 6.29. The maximum Gasteiger partial charge on any atom is 0.574 e. The number of rotatable bonds is 1. The number of aromatic nitrogens is 1. The van der Waals surface area contributed by atoms with E-state index in [4.69, 9.17) is 11.6 Å². The fraction of sp³-hybridized carbons (Fsp3) is 0.167. The highest BCUT2D eigenvalue weighted by Crippen LogP contribution is 2.33. The minimum atomic E-state index is -4.77. The molecule has 2 nitrogen and oxygen atoms in total. The summed E-state index contributed by atoms with van der Waals surface area (Å²) in [5, 5.41) is 0.0751. The van der Waals surface area contributed by atoms with E-state index in [0.29, 0.717) is 4.47 Å². The second-order valence-corrected chi connectivity index (χ2v) is 4.05. The normalized spacial score (nSPS) is 11.6. The lowest BCUT2D eigenvalue weighted by molar-refractivity contribution is -0.276. The van der Waals surface area contributed by atoms with Gasteiger partial charge in [0.15, 0.2) is 0 Å². The number of alkyl halides is 3. The molecule has 0 aliphatic rings. The molecular weight excluding hydrogens is 354 g/mol. The first-order valence-corrected chi connectivity index (χ1v) is 5.03. The minimum Gasteiger partial charge on any atom is -0.388 e. The smallest absolute Gasteiger partial charge is 0.388 e. The third-order valence-corrected chi connectivity index (χ3v) is 3.50. The van der Waals surface area contributed by atoms with Crippen LogP contribution in [0.15, 0.2) is 15.1 Å². The summed E-state index contributed by atoms with van der Waals surface area (Å²) in [6.07, 6.45) is -4.77. The summed E-state index contributed by atoms with van der Waals surface area (Å²) in [5.74, 6) is -0.613. The Labute approximate surface area is 98.7 Å². The second kappa shape index (κ2) is 4.24. The van der Waals surface area contributed by atoms with E-state index in [0.717, 1.165) is 6.07 Å². The van der Waals surface area contributed by atoms with Crippen molar-refractivity contribution in [2.75, 3.05) is 0 Å². The number of hydrogen-bond donors (Lipinski definition) is 0. The molecule has 0 saturated carbocycles. The van der Waals surface area contributed by atoms with Crippen LogP contribution in [0.5, 0.6) is 5.88 Å². The molecule has 0 spiro atoms. The van der Waals surface area contributed by atoms with Crippen LogP contribution < -0.4 is 4.74 Å². The fourth-order valence-electron chi connectivity index (χ4n) is 0.619. The molecule has 0 unspecified atom stereocenters. The van der Waals surface area contributed by atoms with E-state index in [1.54, 1.807) is 0 Å². The third-order valence-electron chi connectivity index (χ3n) is 1.07. The summed E-state index contributed by atoms with van der Waals surface area (Å²) in [4.78, 5) is 3.46. The van der Waals surface area contributed by atoms with Crippen LogP contribution in [0.2, 0.25) is 5.02 Å². The van der Waals surface area contributed by atoms with Gasteiger partial charge in [0.2, 0.25) is 5.88 Å². The van der Waals surface area contributed by atoms with Gasteiger partial charge in [0.1, 0.15) is 4.60 Å². The van der Waals surface area contributed by atoms with Crippen LogP contribution in [0.3, 0.4) is 0 Å². The van der Waals surface area contributed by atoms with Crippen molar-refractivity contribution < 1.29 is 17.9 Å². The first-order valence-electron chi connectivity index (χ1n) is 3.07. The Morgan fingerprint density at radius 1 is 1.36 bits per heavy atom. The van der Waals surface area contributed by atoms with Crippen molar-refractivity contribution in [2.45, 2.75) is 6.36 Å². The molecule has 0 amide bonds. The summed E-state index contributed by atoms with van der Waals surface area (Å²) in [5.41, 5.74) is 0. The van der Waals surface area contributed by atoms with Crippen molar-refractivity contribution in [3.8, 4) is 5.88 Å². The van der Waals surface area contributed by atoms with Crippen LogP contribution >= 0.6 is 43.5 Å². The van der Waals surface area contributed by atoms with Crippen molar-refractivity contribution in [3.05, 3.63) is 20.2 Å². The van der Waals surface area contributed by atoms with Gasteiger partial charge < -0.3 is 4.74 Å². The van der Waals surface area contributed by atoms with Crippen LogP contribution in [-0.2, 0) is 0 Å². The molecule has 78 valence electrons. The Bertz CT molecular complexity index is 334. The standard InChI is InChI=1S/C6HBr2ClF3NO/c7-4-2(9)1-3(13-5(4)8)14-6(10,11)12/h1H. The molecule has 0 radical (unpaired) electrons. The highest BCUT2D eigenvalue weighted by molar-refractivity contribution is 9.13. The Hall–Kier alpha value is -0.0100. The lowest BCUT2D eigenvalue weighted by Gasteiger charge is -2.09. The van der Waals surface area contributed by atoms with E-state index >= 15 is 0 Å².